The molecule has 0 bridgehead atoms. The minimum atomic E-state index is -0.312. The number of hydrogen-bond donors (Lipinski definition) is 1. The van der Waals surface area contributed by atoms with Crippen LogP contribution in [0.5, 0.6) is 0 Å². The first-order valence-electron chi connectivity index (χ1n) is 7.45. The van der Waals surface area contributed by atoms with Gasteiger partial charge in [-0.25, -0.2) is 0 Å². The number of ether oxygens (including phenoxy) is 1. The van der Waals surface area contributed by atoms with Gasteiger partial charge >= 0.3 is 0 Å². The summed E-state index contributed by atoms with van der Waals surface area (Å²) < 4.78 is 5.61. The first kappa shape index (κ1) is 16.3. The largest absolute Gasteiger partial charge is 0.366 e. The number of hydrogen-bond acceptors (Lipinski definition) is 3. The predicted octanol–water partition coefficient (Wildman–Crippen LogP) is 2.07. The average Bonchev–Trinajstić information content (AvgIpc) is 2.97. The molecular weight excluding hydrogens is 288 g/mol. The Morgan fingerprint density at radius 2 is 2.19 bits per heavy atom. The van der Waals surface area contributed by atoms with Crippen molar-refractivity contribution in [2.45, 2.75) is 31.9 Å². The van der Waals surface area contributed by atoms with Crippen molar-refractivity contribution in [2.75, 3.05) is 26.2 Å². The maximum atomic E-state index is 12.7. The quantitative estimate of drug-likeness (QED) is 0.909. The molecular formula is C16H23ClN2O2. The number of rotatable bonds is 2. The van der Waals surface area contributed by atoms with Crippen LogP contribution in [0.2, 0.25) is 0 Å². The van der Waals surface area contributed by atoms with Crippen molar-refractivity contribution in [1.82, 2.24) is 10.2 Å². The molecule has 1 N–H and O–H groups in total. The summed E-state index contributed by atoms with van der Waals surface area (Å²) in [7, 11) is 0. The summed E-state index contributed by atoms with van der Waals surface area (Å²) in [5.41, 5.74) is 2.54. The Morgan fingerprint density at radius 1 is 1.38 bits per heavy atom. The number of nitrogens with zero attached hydrogens (tertiary/aromatic N) is 1. The number of aryl methyl sites for hydroxylation is 1. The normalized spacial score (nSPS) is 25.5. The molecule has 3 rings (SSSR count). The monoisotopic (exact) mass is 310 g/mol. The van der Waals surface area contributed by atoms with Crippen molar-refractivity contribution in [3.63, 3.8) is 0 Å². The van der Waals surface area contributed by atoms with E-state index in [9.17, 15) is 4.79 Å². The average molecular weight is 311 g/mol. The first-order valence-corrected chi connectivity index (χ1v) is 7.45. The van der Waals surface area contributed by atoms with E-state index < -0.39 is 0 Å². The van der Waals surface area contributed by atoms with Gasteiger partial charge in [0.2, 0.25) is 0 Å². The minimum absolute atomic E-state index is 0. The highest BCUT2D eigenvalue weighted by Gasteiger charge is 2.35. The number of carbonyl (C=O) groups excluding carboxylic acids is 1. The fourth-order valence-corrected chi connectivity index (χ4v) is 3.22. The molecule has 1 amide bonds. The Bertz CT molecular complexity index is 489. The van der Waals surface area contributed by atoms with E-state index in [1.54, 1.807) is 0 Å². The van der Waals surface area contributed by atoms with Gasteiger partial charge in [0, 0.05) is 19.6 Å². The highest BCUT2D eigenvalue weighted by atomic mass is 35.5. The van der Waals surface area contributed by atoms with Crippen LogP contribution in [0.25, 0.3) is 0 Å². The Labute approximate surface area is 132 Å². The van der Waals surface area contributed by atoms with E-state index in [0.717, 1.165) is 25.9 Å². The molecule has 2 saturated heterocycles. The predicted molar refractivity (Wildman–Crippen MR) is 84.7 cm³/mol. The third kappa shape index (κ3) is 3.39. The van der Waals surface area contributed by atoms with Gasteiger partial charge in [0.05, 0.1) is 12.6 Å². The van der Waals surface area contributed by atoms with Crippen molar-refractivity contribution in [2.24, 2.45) is 0 Å². The third-order valence-electron chi connectivity index (χ3n) is 4.29. The Kier molecular flexibility index (Phi) is 5.62. The van der Waals surface area contributed by atoms with E-state index >= 15 is 0 Å². The lowest BCUT2D eigenvalue weighted by Gasteiger charge is -2.31. The summed E-state index contributed by atoms with van der Waals surface area (Å²) in [5, 5.41) is 3.23. The zero-order chi connectivity index (χ0) is 13.9. The van der Waals surface area contributed by atoms with Crippen LogP contribution >= 0.6 is 12.4 Å². The highest BCUT2D eigenvalue weighted by molar-refractivity contribution is 5.85. The molecule has 2 atom stereocenters. The van der Waals surface area contributed by atoms with Crippen molar-refractivity contribution in [3.8, 4) is 0 Å². The van der Waals surface area contributed by atoms with Crippen molar-refractivity contribution < 1.29 is 9.53 Å². The molecule has 0 saturated carbocycles. The lowest BCUT2D eigenvalue weighted by molar-refractivity contribution is -0.146. The number of benzene rings is 1. The number of halogens is 1. The van der Waals surface area contributed by atoms with Crippen LogP contribution in [0.4, 0.5) is 0 Å². The number of nitrogens with one attached hydrogen (secondary N) is 1. The van der Waals surface area contributed by atoms with Gasteiger partial charge in [0.15, 0.2) is 0 Å². The van der Waals surface area contributed by atoms with Gasteiger partial charge in [-0.05, 0) is 30.9 Å². The van der Waals surface area contributed by atoms with Crippen LogP contribution in [-0.2, 0) is 9.53 Å². The van der Waals surface area contributed by atoms with Crippen LogP contribution < -0.4 is 5.32 Å². The second-order valence-electron chi connectivity index (χ2n) is 5.61. The van der Waals surface area contributed by atoms with Gasteiger partial charge in [-0.3, -0.25) is 4.79 Å². The smallest absolute Gasteiger partial charge is 0.253 e. The van der Waals surface area contributed by atoms with Crippen LogP contribution in [-0.4, -0.2) is 43.2 Å². The van der Waals surface area contributed by atoms with Gasteiger partial charge in [-0.2, -0.15) is 0 Å². The topological polar surface area (TPSA) is 41.6 Å². The van der Waals surface area contributed by atoms with Crippen LogP contribution in [0.3, 0.4) is 0 Å². The van der Waals surface area contributed by atoms with Crippen LogP contribution in [0.15, 0.2) is 24.3 Å². The van der Waals surface area contributed by atoms with E-state index in [2.05, 4.69) is 30.4 Å². The van der Waals surface area contributed by atoms with Crippen molar-refractivity contribution in [3.05, 3.63) is 35.4 Å². The Hall–Kier alpha value is -1.10. The number of carbonyl (C=O) groups is 1. The maximum Gasteiger partial charge on any atom is 0.253 e. The molecule has 0 radical (unpaired) electrons. The van der Waals surface area contributed by atoms with Gasteiger partial charge in [-0.1, -0.05) is 24.3 Å². The number of morpholine rings is 1. The number of likely N-dealkylation sites (tertiary alicyclic amines) is 1. The second-order valence-corrected chi connectivity index (χ2v) is 5.61. The Morgan fingerprint density at radius 3 is 2.90 bits per heavy atom. The molecule has 1 aromatic rings. The Balaban J connectivity index is 0.00000161. The van der Waals surface area contributed by atoms with E-state index in [4.69, 9.17) is 4.74 Å². The molecule has 0 spiro atoms. The lowest BCUT2D eigenvalue weighted by atomic mass is 9.99. The summed E-state index contributed by atoms with van der Waals surface area (Å²) >= 11 is 0. The zero-order valence-corrected chi connectivity index (χ0v) is 13.2. The molecule has 2 aliphatic rings. The van der Waals surface area contributed by atoms with Gasteiger partial charge in [-0.15, -0.1) is 12.4 Å². The van der Waals surface area contributed by atoms with Gasteiger partial charge in [0.25, 0.3) is 5.91 Å². The van der Waals surface area contributed by atoms with E-state index in [1.807, 2.05) is 11.0 Å². The van der Waals surface area contributed by atoms with E-state index in [-0.39, 0.29) is 30.5 Å². The molecule has 4 nitrogen and oxygen atoms in total. The lowest BCUT2D eigenvalue weighted by Crippen LogP contribution is -2.49. The molecule has 5 heteroatoms. The molecule has 0 aliphatic carbocycles. The molecule has 1 aromatic carbocycles. The maximum absolute atomic E-state index is 12.7. The summed E-state index contributed by atoms with van der Waals surface area (Å²) in [4.78, 5) is 14.7. The highest BCUT2D eigenvalue weighted by Crippen LogP contribution is 2.34. The standard InChI is InChI=1S/C16H22N2O2.ClH/c1-12-5-2-3-6-13(12)14-7-4-9-18(14)16(19)15-11-17-8-10-20-15;/h2-3,5-6,14-15,17H,4,7-11H2,1H3;1H. The first-order chi connectivity index (χ1) is 9.77. The molecule has 2 aliphatic heterocycles. The molecule has 21 heavy (non-hydrogen) atoms. The van der Waals surface area contributed by atoms with Gasteiger partial charge in [0.1, 0.15) is 6.10 Å². The van der Waals surface area contributed by atoms with E-state index in [0.29, 0.717) is 13.2 Å². The second kappa shape index (κ2) is 7.25. The fourth-order valence-electron chi connectivity index (χ4n) is 3.22. The molecule has 2 heterocycles. The molecule has 2 fully saturated rings. The van der Waals surface area contributed by atoms with E-state index in [1.165, 1.54) is 11.1 Å². The summed E-state index contributed by atoms with van der Waals surface area (Å²) in [6.07, 6.45) is 1.81. The fraction of sp³-hybridized carbons (Fsp3) is 0.562. The number of amides is 1. The summed E-state index contributed by atoms with van der Waals surface area (Å²) in [6.45, 7) is 5.06. The molecule has 0 aromatic heterocycles. The SMILES string of the molecule is Cc1ccccc1C1CCCN1C(=O)C1CNCCO1.Cl. The van der Waals surface area contributed by atoms with Crippen LogP contribution in [0, 0.1) is 6.92 Å². The van der Waals surface area contributed by atoms with Gasteiger partial charge < -0.3 is 15.0 Å². The molecule has 116 valence electrons. The van der Waals surface area contributed by atoms with Crippen molar-refractivity contribution in [1.29, 1.82) is 0 Å². The van der Waals surface area contributed by atoms with Crippen LogP contribution in [0.1, 0.15) is 30.0 Å². The third-order valence-corrected chi connectivity index (χ3v) is 4.29. The summed E-state index contributed by atoms with van der Waals surface area (Å²) in [6, 6.07) is 8.59. The summed E-state index contributed by atoms with van der Waals surface area (Å²) in [5.74, 6) is 0.142. The zero-order valence-electron chi connectivity index (χ0n) is 12.4. The van der Waals surface area contributed by atoms with Crippen molar-refractivity contribution >= 4 is 18.3 Å². The minimum Gasteiger partial charge on any atom is -0.366 e. The molecule has 2 unspecified atom stereocenters.